The van der Waals surface area contributed by atoms with Gasteiger partial charge in [-0.25, -0.2) is 0 Å². The molecule has 0 saturated carbocycles. The van der Waals surface area contributed by atoms with Crippen LogP contribution in [-0.2, 0) is 0 Å². The predicted molar refractivity (Wildman–Crippen MR) is 70.2 cm³/mol. The van der Waals surface area contributed by atoms with Crippen LogP contribution in [0.2, 0.25) is 5.02 Å². The molecule has 0 spiro atoms. The van der Waals surface area contributed by atoms with Crippen LogP contribution in [0.15, 0.2) is 30.4 Å². The van der Waals surface area contributed by atoms with Crippen molar-refractivity contribution in [2.24, 2.45) is 0 Å². The molecule has 0 saturated heterocycles. The van der Waals surface area contributed by atoms with Crippen LogP contribution in [0.5, 0.6) is 0 Å². The Bertz CT molecular complexity index is 388. The van der Waals surface area contributed by atoms with Gasteiger partial charge in [0.1, 0.15) is 0 Å². The van der Waals surface area contributed by atoms with Crippen LogP contribution in [0.1, 0.15) is 25.5 Å². The quantitative estimate of drug-likeness (QED) is 0.814. The van der Waals surface area contributed by atoms with Gasteiger partial charge in [-0.15, -0.1) is 0 Å². The number of benzene rings is 1. The fourth-order valence-corrected chi connectivity index (χ4v) is 1.92. The lowest BCUT2D eigenvalue weighted by atomic mass is 10.1. The van der Waals surface area contributed by atoms with Crippen LogP contribution >= 0.6 is 11.6 Å². The third-order valence-corrected chi connectivity index (χ3v) is 2.68. The third-order valence-electron chi connectivity index (χ3n) is 2.37. The summed E-state index contributed by atoms with van der Waals surface area (Å²) in [5, 5.41) is 10.1. The van der Waals surface area contributed by atoms with Crippen molar-refractivity contribution >= 4 is 17.3 Å². The van der Waals surface area contributed by atoms with E-state index in [1.807, 2.05) is 31.0 Å². The van der Waals surface area contributed by atoms with Gasteiger partial charge in [-0.05, 0) is 31.5 Å². The number of anilines is 1. The largest absolute Gasteiger partial charge is 0.389 e. The summed E-state index contributed by atoms with van der Waals surface area (Å²) in [6, 6.07) is 5.62. The van der Waals surface area contributed by atoms with E-state index >= 15 is 0 Å². The minimum absolute atomic E-state index is 0.488. The predicted octanol–water partition coefficient (Wildman–Crippen LogP) is 3.41. The van der Waals surface area contributed by atoms with Crippen molar-refractivity contribution in [1.82, 2.24) is 0 Å². The molecule has 1 rings (SSSR count). The highest BCUT2D eigenvalue weighted by Gasteiger charge is 2.09. The van der Waals surface area contributed by atoms with E-state index in [1.54, 1.807) is 13.0 Å². The second kappa shape index (κ2) is 5.37. The number of likely N-dealkylation sites (N-methyl/N-ethyl adjacent to an activating group) is 1. The summed E-state index contributed by atoms with van der Waals surface area (Å²) < 4.78 is 0. The molecular weight excluding hydrogens is 222 g/mol. The summed E-state index contributed by atoms with van der Waals surface area (Å²) in [5.41, 5.74) is 2.87. The Kier molecular flexibility index (Phi) is 4.39. The first-order valence-corrected chi connectivity index (χ1v) is 5.62. The summed E-state index contributed by atoms with van der Waals surface area (Å²) in [5.74, 6) is 0. The van der Waals surface area contributed by atoms with Gasteiger partial charge in [-0.3, -0.25) is 0 Å². The summed E-state index contributed by atoms with van der Waals surface area (Å²) in [4.78, 5) is 2.04. The molecule has 0 radical (unpaired) electrons. The van der Waals surface area contributed by atoms with Gasteiger partial charge in [0.25, 0.3) is 0 Å². The first-order chi connectivity index (χ1) is 7.41. The van der Waals surface area contributed by atoms with E-state index in [2.05, 4.69) is 6.58 Å². The van der Waals surface area contributed by atoms with E-state index < -0.39 is 6.10 Å². The molecule has 0 bridgehead atoms. The van der Waals surface area contributed by atoms with E-state index in [9.17, 15) is 5.11 Å². The van der Waals surface area contributed by atoms with E-state index in [1.165, 1.54) is 0 Å². The first-order valence-electron chi connectivity index (χ1n) is 5.25. The molecule has 88 valence electrons. The number of aliphatic hydroxyl groups is 1. The minimum Gasteiger partial charge on any atom is -0.389 e. The molecule has 16 heavy (non-hydrogen) atoms. The molecule has 1 unspecified atom stereocenters. The molecule has 3 heteroatoms. The van der Waals surface area contributed by atoms with Crippen LogP contribution in [0.4, 0.5) is 5.69 Å². The maximum Gasteiger partial charge on any atom is 0.0762 e. The molecule has 1 aromatic rings. The fraction of sp³-hybridized carbons (Fsp3) is 0.385. The number of hydrogen-bond donors (Lipinski definition) is 1. The maximum absolute atomic E-state index is 9.44. The van der Waals surface area contributed by atoms with Gasteiger partial charge < -0.3 is 10.0 Å². The van der Waals surface area contributed by atoms with Crippen LogP contribution in [0.25, 0.3) is 0 Å². The van der Waals surface area contributed by atoms with E-state index in [0.717, 1.165) is 23.4 Å². The molecular formula is C13H18ClNO. The number of rotatable bonds is 4. The Balaban J connectivity index is 2.94. The molecule has 1 N–H and O–H groups in total. The van der Waals surface area contributed by atoms with Crippen LogP contribution < -0.4 is 4.90 Å². The zero-order chi connectivity index (χ0) is 12.3. The molecule has 2 nitrogen and oxygen atoms in total. The van der Waals surface area contributed by atoms with Gasteiger partial charge in [0.2, 0.25) is 0 Å². The van der Waals surface area contributed by atoms with Gasteiger partial charge >= 0.3 is 0 Å². The van der Waals surface area contributed by atoms with Crippen molar-refractivity contribution < 1.29 is 5.11 Å². The monoisotopic (exact) mass is 239 g/mol. The zero-order valence-electron chi connectivity index (χ0n) is 10.00. The first kappa shape index (κ1) is 13.1. The molecule has 0 aromatic heterocycles. The molecule has 0 aliphatic carbocycles. The molecule has 1 aromatic carbocycles. The molecule has 1 atom stereocenters. The molecule has 0 heterocycles. The third kappa shape index (κ3) is 3.26. The minimum atomic E-state index is -0.488. The number of halogens is 1. The lowest BCUT2D eigenvalue weighted by Gasteiger charge is -2.21. The second-order valence-electron chi connectivity index (χ2n) is 4.20. The van der Waals surface area contributed by atoms with Gasteiger partial charge in [-0.2, -0.15) is 0 Å². The summed E-state index contributed by atoms with van der Waals surface area (Å²) in [6.07, 6.45) is -0.488. The standard InChI is InChI=1S/C13H18ClNO/c1-9(2)8-15(4)13-6-5-11(10(3)16)7-12(13)14/h5-7,10,16H,1,8H2,2-4H3. The van der Waals surface area contributed by atoms with E-state index in [-0.39, 0.29) is 0 Å². The lowest BCUT2D eigenvalue weighted by molar-refractivity contribution is 0.199. The molecule has 0 fully saturated rings. The normalized spacial score (nSPS) is 12.3. The highest BCUT2D eigenvalue weighted by molar-refractivity contribution is 6.33. The number of hydrogen-bond acceptors (Lipinski definition) is 2. The summed E-state index contributed by atoms with van der Waals surface area (Å²) >= 11 is 6.17. The van der Waals surface area contributed by atoms with E-state index in [4.69, 9.17) is 11.6 Å². The van der Waals surface area contributed by atoms with Crippen molar-refractivity contribution in [1.29, 1.82) is 0 Å². The SMILES string of the molecule is C=C(C)CN(C)c1ccc(C(C)O)cc1Cl. The highest BCUT2D eigenvalue weighted by Crippen LogP contribution is 2.28. The Morgan fingerprint density at radius 1 is 1.56 bits per heavy atom. The van der Waals surface area contributed by atoms with Crippen LogP contribution in [0.3, 0.4) is 0 Å². The average Bonchev–Trinajstić information content (AvgIpc) is 2.15. The Hall–Kier alpha value is -0.990. The van der Waals surface area contributed by atoms with Crippen molar-refractivity contribution in [3.63, 3.8) is 0 Å². The van der Waals surface area contributed by atoms with Crippen LogP contribution in [0, 0.1) is 0 Å². The Morgan fingerprint density at radius 3 is 2.62 bits per heavy atom. The molecule has 0 amide bonds. The Morgan fingerprint density at radius 2 is 2.19 bits per heavy atom. The Labute approximate surface area is 102 Å². The van der Waals surface area contributed by atoms with Gasteiger partial charge in [0.05, 0.1) is 16.8 Å². The topological polar surface area (TPSA) is 23.5 Å². The van der Waals surface area contributed by atoms with Crippen molar-refractivity contribution in [3.05, 3.63) is 40.9 Å². The molecule has 0 aliphatic rings. The van der Waals surface area contributed by atoms with Gasteiger partial charge in [0.15, 0.2) is 0 Å². The van der Waals surface area contributed by atoms with E-state index in [0.29, 0.717) is 5.02 Å². The highest BCUT2D eigenvalue weighted by atomic mass is 35.5. The maximum atomic E-state index is 9.44. The smallest absolute Gasteiger partial charge is 0.0762 e. The van der Waals surface area contributed by atoms with Crippen LogP contribution in [-0.4, -0.2) is 18.7 Å². The number of nitrogens with zero attached hydrogens (tertiary/aromatic N) is 1. The summed E-state index contributed by atoms with van der Waals surface area (Å²) in [7, 11) is 1.97. The average molecular weight is 240 g/mol. The lowest BCUT2D eigenvalue weighted by Crippen LogP contribution is -2.19. The summed E-state index contributed by atoms with van der Waals surface area (Å²) in [6.45, 7) is 8.35. The second-order valence-corrected chi connectivity index (χ2v) is 4.61. The fourth-order valence-electron chi connectivity index (χ4n) is 1.58. The van der Waals surface area contributed by atoms with Gasteiger partial charge in [-0.1, -0.05) is 29.8 Å². The van der Waals surface area contributed by atoms with Gasteiger partial charge in [0, 0.05) is 13.6 Å². The van der Waals surface area contributed by atoms with Crippen molar-refractivity contribution in [3.8, 4) is 0 Å². The number of aliphatic hydroxyl groups excluding tert-OH is 1. The zero-order valence-corrected chi connectivity index (χ0v) is 10.8. The van der Waals surface area contributed by atoms with Crippen molar-refractivity contribution in [2.45, 2.75) is 20.0 Å². The molecule has 0 aliphatic heterocycles. The van der Waals surface area contributed by atoms with Crippen molar-refractivity contribution in [2.75, 3.05) is 18.5 Å².